The molecule has 0 aliphatic carbocycles. The SMILES string of the molecule is Cc1c(-c2cccc(C(=O)N3CCCCC3)c2)sc2c(N3CCOCC3)nc(-c3cnc4[nH]ccc4c3)nc12. The number of H-pyrrole nitrogens is 1. The number of aromatic amines is 1. The fourth-order valence-corrected chi connectivity index (χ4v) is 6.86. The fourth-order valence-electron chi connectivity index (χ4n) is 5.60. The number of thiophene rings is 1. The van der Waals surface area contributed by atoms with E-state index in [1.807, 2.05) is 41.6 Å². The number of anilines is 1. The van der Waals surface area contributed by atoms with Crippen LogP contribution in [0.15, 0.2) is 48.8 Å². The number of aromatic nitrogens is 4. The van der Waals surface area contributed by atoms with Gasteiger partial charge in [-0.3, -0.25) is 4.79 Å². The summed E-state index contributed by atoms with van der Waals surface area (Å²) in [6, 6.07) is 12.2. The van der Waals surface area contributed by atoms with Crippen molar-refractivity contribution in [3.63, 3.8) is 0 Å². The minimum absolute atomic E-state index is 0.124. The zero-order valence-corrected chi connectivity index (χ0v) is 22.8. The Balaban J connectivity index is 1.34. The first-order chi connectivity index (χ1) is 19.2. The summed E-state index contributed by atoms with van der Waals surface area (Å²) < 4.78 is 6.71. The number of likely N-dealkylation sites (tertiary alicyclic amines) is 1. The summed E-state index contributed by atoms with van der Waals surface area (Å²) in [5.41, 5.74) is 5.58. The van der Waals surface area contributed by atoms with Gasteiger partial charge in [-0.05, 0) is 61.6 Å². The van der Waals surface area contributed by atoms with Crippen molar-refractivity contribution in [2.45, 2.75) is 26.2 Å². The van der Waals surface area contributed by atoms with Gasteiger partial charge in [-0.1, -0.05) is 12.1 Å². The van der Waals surface area contributed by atoms with E-state index < -0.39 is 0 Å². The van der Waals surface area contributed by atoms with Crippen LogP contribution in [0.2, 0.25) is 0 Å². The molecule has 4 aromatic heterocycles. The molecule has 1 N–H and O–H groups in total. The minimum atomic E-state index is 0.124. The molecule has 5 aromatic rings. The lowest BCUT2D eigenvalue weighted by molar-refractivity contribution is 0.0724. The van der Waals surface area contributed by atoms with Gasteiger partial charge in [0.05, 0.1) is 23.4 Å². The molecule has 0 spiro atoms. The molecule has 2 aliphatic heterocycles. The number of pyridine rings is 1. The van der Waals surface area contributed by atoms with E-state index >= 15 is 0 Å². The van der Waals surface area contributed by atoms with Gasteiger partial charge in [-0.2, -0.15) is 0 Å². The van der Waals surface area contributed by atoms with Gasteiger partial charge in [0.25, 0.3) is 5.91 Å². The second kappa shape index (κ2) is 10.1. The molecule has 0 unspecified atom stereocenters. The summed E-state index contributed by atoms with van der Waals surface area (Å²) in [6.45, 7) is 6.73. The molecule has 2 aliphatic rings. The van der Waals surface area contributed by atoms with E-state index in [4.69, 9.17) is 14.7 Å². The van der Waals surface area contributed by atoms with Crippen molar-refractivity contribution in [2.75, 3.05) is 44.3 Å². The highest BCUT2D eigenvalue weighted by Gasteiger charge is 2.24. The Morgan fingerprint density at radius 3 is 2.69 bits per heavy atom. The number of nitrogens with one attached hydrogen (secondary N) is 1. The molecule has 7 rings (SSSR count). The molecule has 1 aromatic carbocycles. The number of carbonyl (C=O) groups is 1. The van der Waals surface area contributed by atoms with Crippen LogP contribution in [0.3, 0.4) is 0 Å². The van der Waals surface area contributed by atoms with Gasteiger partial charge in [-0.25, -0.2) is 15.0 Å². The first kappa shape index (κ1) is 24.2. The largest absolute Gasteiger partial charge is 0.378 e. The van der Waals surface area contributed by atoms with E-state index in [2.05, 4.69) is 33.9 Å². The summed E-state index contributed by atoms with van der Waals surface area (Å²) in [5.74, 6) is 1.73. The first-order valence-electron chi connectivity index (χ1n) is 13.6. The third-order valence-electron chi connectivity index (χ3n) is 7.73. The number of nitrogens with zero attached hydrogens (tertiary/aromatic N) is 5. The van der Waals surface area contributed by atoms with Gasteiger partial charge in [0.1, 0.15) is 5.65 Å². The van der Waals surface area contributed by atoms with Gasteiger partial charge in [-0.15, -0.1) is 11.3 Å². The number of hydrogen-bond acceptors (Lipinski definition) is 7. The molecule has 198 valence electrons. The number of aryl methyl sites for hydroxylation is 1. The maximum Gasteiger partial charge on any atom is 0.253 e. The fraction of sp³-hybridized carbons (Fsp3) is 0.333. The van der Waals surface area contributed by atoms with Crippen LogP contribution in [-0.2, 0) is 4.74 Å². The summed E-state index contributed by atoms with van der Waals surface area (Å²) >= 11 is 1.71. The zero-order chi connectivity index (χ0) is 26.3. The number of rotatable bonds is 4. The van der Waals surface area contributed by atoms with E-state index in [-0.39, 0.29) is 5.91 Å². The van der Waals surface area contributed by atoms with E-state index in [1.165, 1.54) is 6.42 Å². The number of carbonyl (C=O) groups excluding carboxylic acids is 1. The highest BCUT2D eigenvalue weighted by molar-refractivity contribution is 7.23. The Labute approximate surface area is 230 Å². The Morgan fingerprint density at radius 1 is 1.00 bits per heavy atom. The van der Waals surface area contributed by atoms with Crippen molar-refractivity contribution in [1.29, 1.82) is 0 Å². The predicted molar refractivity (Wildman–Crippen MR) is 155 cm³/mol. The maximum atomic E-state index is 13.3. The van der Waals surface area contributed by atoms with Crippen LogP contribution in [0.1, 0.15) is 35.2 Å². The second-order valence-electron chi connectivity index (χ2n) is 10.3. The molecule has 9 heteroatoms. The van der Waals surface area contributed by atoms with Crippen molar-refractivity contribution in [1.82, 2.24) is 24.8 Å². The average molecular weight is 539 g/mol. The third kappa shape index (κ3) is 4.45. The predicted octanol–water partition coefficient (Wildman–Crippen LogP) is 5.67. The highest BCUT2D eigenvalue weighted by Crippen LogP contribution is 2.42. The number of hydrogen-bond donors (Lipinski definition) is 1. The van der Waals surface area contributed by atoms with Crippen LogP contribution in [0.5, 0.6) is 0 Å². The molecule has 0 radical (unpaired) electrons. The molecule has 39 heavy (non-hydrogen) atoms. The molecular formula is C30H30N6O2S. The van der Waals surface area contributed by atoms with Crippen LogP contribution in [0, 0.1) is 6.92 Å². The Kier molecular flexibility index (Phi) is 6.25. The van der Waals surface area contributed by atoms with Crippen molar-refractivity contribution in [3.8, 4) is 21.8 Å². The standard InChI is InChI=1S/C30H30N6O2S/c1-19-24-26(39-25(19)20-6-5-7-22(16-20)30(37)36-10-3-2-4-11-36)29(35-12-14-38-15-13-35)34-28(33-24)23-17-21-8-9-31-27(21)32-18-23/h5-9,16-18H,2-4,10-15H2,1H3,(H,31,32). The maximum absolute atomic E-state index is 13.3. The summed E-state index contributed by atoms with van der Waals surface area (Å²) in [6.07, 6.45) is 7.09. The molecule has 2 fully saturated rings. The molecule has 2 saturated heterocycles. The first-order valence-corrected chi connectivity index (χ1v) is 14.4. The zero-order valence-electron chi connectivity index (χ0n) is 21.9. The second-order valence-corrected chi connectivity index (χ2v) is 11.3. The Bertz CT molecular complexity index is 1680. The topological polar surface area (TPSA) is 87.2 Å². The van der Waals surface area contributed by atoms with Gasteiger partial charge in [0.2, 0.25) is 0 Å². The number of benzene rings is 1. The van der Waals surface area contributed by atoms with Crippen molar-refractivity contribution in [2.24, 2.45) is 0 Å². The lowest BCUT2D eigenvalue weighted by atomic mass is 10.0. The van der Waals surface area contributed by atoms with E-state index in [0.717, 1.165) is 93.2 Å². The summed E-state index contributed by atoms with van der Waals surface area (Å²) in [5, 5.41) is 1.03. The summed E-state index contributed by atoms with van der Waals surface area (Å²) in [4.78, 5) is 36.6. The lowest BCUT2D eigenvalue weighted by Crippen LogP contribution is -2.36. The normalized spacial score (nSPS) is 16.3. The Hall–Kier alpha value is -3.82. The smallest absolute Gasteiger partial charge is 0.253 e. The third-order valence-corrected chi connectivity index (χ3v) is 9.06. The number of amides is 1. The van der Waals surface area contributed by atoms with Gasteiger partial charge < -0.3 is 19.5 Å². The van der Waals surface area contributed by atoms with Gasteiger partial charge >= 0.3 is 0 Å². The van der Waals surface area contributed by atoms with E-state index in [9.17, 15) is 4.79 Å². The van der Waals surface area contributed by atoms with Crippen LogP contribution in [0.25, 0.3) is 43.1 Å². The van der Waals surface area contributed by atoms with Gasteiger partial charge in [0, 0.05) is 60.0 Å². The molecule has 6 heterocycles. The van der Waals surface area contributed by atoms with Crippen molar-refractivity contribution < 1.29 is 9.53 Å². The van der Waals surface area contributed by atoms with E-state index in [0.29, 0.717) is 19.0 Å². The number of piperidine rings is 1. The highest BCUT2D eigenvalue weighted by atomic mass is 32.1. The van der Waals surface area contributed by atoms with Crippen molar-refractivity contribution in [3.05, 3.63) is 59.9 Å². The van der Waals surface area contributed by atoms with Crippen LogP contribution < -0.4 is 4.90 Å². The number of morpholine rings is 1. The monoisotopic (exact) mass is 538 g/mol. The minimum Gasteiger partial charge on any atom is -0.378 e. The summed E-state index contributed by atoms with van der Waals surface area (Å²) in [7, 11) is 0. The van der Waals surface area contributed by atoms with E-state index in [1.54, 1.807) is 11.3 Å². The Morgan fingerprint density at radius 2 is 1.85 bits per heavy atom. The molecule has 0 bridgehead atoms. The van der Waals surface area contributed by atoms with Crippen LogP contribution in [-0.4, -0.2) is 70.1 Å². The quantitative estimate of drug-likeness (QED) is 0.317. The molecule has 1 amide bonds. The average Bonchev–Trinajstić information content (AvgIpc) is 3.61. The molecule has 0 atom stereocenters. The van der Waals surface area contributed by atoms with Crippen LogP contribution >= 0.6 is 11.3 Å². The van der Waals surface area contributed by atoms with Crippen LogP contribution in [0.4, 0.5) is 5.82 Å². The lowest BCUT2D eigenvalue weighted by Gasteiger charge is -2.28. The number of fused-ring (bicyclic) bond motifs is 2. The van der Waals surface area contributed by atoms with Crippen molar-refractivity contribution >= 4 is 44.3 Å². The number of ether oxygens (including phenoxy) is 1. The molecule has 0 saturated carbocycles. The molecular weight excluding hydrogens is 508 g/mol. The van der Waals surface area contributed by atoms with Gasteiger partial charge in [0.15, 0.2) is 11.6 Å². The molecule has 8 nitrogen and oxygen atoms in total.